The standard InChI is InChI=1S/C14H15F2N3/c15-12-2-1-10(9-13(12)16)14-18-7-8-19(14)11-3-5-17-6-4-11/h1-2,7-9,11,17H,3-6H2. The number of hydrogen-bond donors (Lipinski definition) is 1. The normalized spacial score (nSPS) is 16.7. The van der Waals surface area contributed by atoms with Crippen LogP contribution in [0.4, 0.5) is 8.78 Å². The van der Waals surface area contributed by atoms with Crippen LogP contribution in [0.2, 0.25) is 0 Å². The number of rotatable bonds is 2. The van der Waals surface area contributed by atoms with Gasteiger partial charge in [0.25, 0.3) is 0 Å². The summed E-state index contributed by atoms with van der Waals surface area (Å²) in [6.07, 6.45) is 5.66. The van der Waals surface area contributed by atoms with Crippen LogP contribution in [-0.4, -0.2) is 22.6 Å². The van der Waals surface area contributed by atoms with Crippen molar-refractivity contribution in [1.82, 2.24) is 14.9 Å². The van der Waals surface area contributed by atoms with Crippen molar-refractivity contribution in [3.8, 4) is 11.4 Å². The second kappa shape index (κ2) is 5.09. The molecule has 0 saturated carbocycles. The number of benzene rings is 1. The van der Waals surface area contributed by atoms with Gasteiger partial charge in [0.2, 0.25) is 0 Å². The Morgan fingerprint density at radius 2 is 1.95 bits per heavy atom. The largest absolute Gasteiger partial charge is 0.328 e. The van der Waals surface area contributed by atoms with Gasteiger partial charge in [-0.2, -0.15) is 0 Å². The zero-order valence-electron chi connectivity index (χ0n) is 10.4. The third-order valence-corrected chi connectivity index (χ3v) is 3.55. The number of imidazole rings is 1. The highest BCUT2D eigenvalue weighted by molar-refractivity contribution is 5.55. The van der Waals surface area contributed by atoms with Crippen molar-refractivity contribution in [2.45, 2.75) is 18.9 Å². The minimum Gasteiger partial charge on any atom is -0.328 e. The van der Waals surface area contributed by atoms with Gasteiger partial charge in [0.1, 0.15) is 5.82 Å². The summed E-state index contributed by atoms with van der Waals surface area (Å²) in [6, 6.07) is 4.28. The van der Waals surface area contributed by atoms with E-state index in [1.54, 1.807) is 12.3 Å². The fourth-order valence-electron chi connectivity index (χ4n) is 2.55. The first-order chi connectivity index (χ1) is 9.25. The van der Waals surface area contributed by atoms with Crippen LogP contribution < -0.4 is 5.32 Å². The summed E-state index contributed by atoms with van der Waals surface area (Å²) in [5.74, 6) is -0.966. The molecule has 3 rings (SSSR count). The van der Waals surface area contributed by atoms with E-state index in [1.165, 1.54) is 6.07 Å². The lowest BCUT2D eigenvalue weighted by molar-refractivity contribution is 0.370. The fraction of sp³-hybridized carbons (Fsp3) is 0.357. The summed E-state index contributed by atoms with van der Waals surface area (Å²) in [6.45, 7) is 1.94. The second-order valence-corrected chi connectivity index (χ2v) is 4.77. The maximum atomic E-state index is 13.3. The Morgan fingerprint density at radius 3 is 2.68 bits per heavy atom. The predicted molar refractivity (Wildman–Crippen MR) is 68.7 cm³/mol. The van der Waals surface area contributed by atoms with Crippen LogP contribution in [0.1, 0.15) is 18.9 Å². The molecule has 1 aromatic heterocycles. The van der Waals surface area contributed by atoms with Gasteiger partial charge < -0.3 is 9.88 Å². The number of nitrogens with zero attached hydrogens (tertiary/aromatic N) is 2. The lowest BCUT2D eigenvalue weighted by Crippen LogP contribution is -2.29. The first-order valence-electron chi connectivity index (χ1n) is 6.44. The zero-order chi connectivity index (χ0) is 13.2. The molecule has 0 aliphatic carbocycles. The average Bonchev–Trinajstić information content (AvgIpc) is 2.92. The van der Waals surface area contributed by atoms with Gasteiger partial charge in [-0.1, -0.05) is 0 Å². The summed E-state index contributed by atoms with van der Waals surface area (Å²) in [5.41, 5.74) is 0.613. The molecule has 100 valence electrons. The maximum absolute atomic E-state index is 13.3. The van der Waals surface area contributed by atoms with E-state index < -0.39 is 11.6 Å². The highest BCUT2D eigenvalue weighted by atomic mass is 19.2. The number of hydrogen-bond acceptors (Lipinski definition) is 2. The van der Waals surface area contributed by atoms with Crippen molar-refractivity contribution >= 4 is 0 Å². The Balaban J connectivity index is 1.96. The van der Waals surface area contributed by atoms with E-state index in [0.29, 0.717) is 17.4 Å². The van der Waals surface area contributed by atoms with Crippen LogP contribution in [0.5, 0.6) is 0 Å². The Bertz CT molecular complexity index is 574. The van der Waals surface area contributed by atoms with Crippen molar-refractivity contribution in [2.75, 3.05) is 13.1 Å². The number of nitrogens with one attached hydrogen (secondary N) is 1. The second-order valence-electron chi connectivity index (χ2n) is 4.77. The lowest BCUT2D eigenvalue weighted by atomic mass is 10.1. The average molecular weight is 263 g/mol. The third kappa shape index (κ3) is 2.38. The topological polar surface area (TPSA) is 29.9 Å². The Morgan fingerprint density at radius 1 is 1.16 bits per heavy atom. The van der Waals surface area contributed by atoms with Gasteiger partial charge in [0.15, 0.2) is 11.6 Å². The van der Waals surface area contributed by atoms with Gasteiger partial charge >= 0.3 is 0 Å². The minimum absolute atomic E-state index is 0.367. The van der Waals surface area contributed by atoms with E-state index >= 15 is 0 Å². The molecule has 3 nitrogen and oxygen atoms in total. The van der Waals surface area contributed by atoms with Crippen molar-refractivity contribution in [2.24, 2.45) is 0 Å². The van der Waals surface area contributed by atoms with Gasteiger partial charge in [0, 0.05) is 24.0 Å². The molecule has 1 saturated heterocycles. The fourth-order valence-corrected chi connectivity index (χ4v) is 2.55. The van der Waals surface area contributed by atoms with Gasteiger partial charge in [0.05, 0.1) is 0 Å². The molecule has 1 N–H and O–H groups in total. The first-order valence-corrected chi connectivity index (χ1v) is 6.44. The Labute approximate surface area is 110 Å². The molecule has 5 heteroatoms. The summed E-state index contributed by atoms with van der Waals surface area (Å²) < 4.78 is 28.4. The Hall–Kier alpha value is -1.75. The van der Waals surface area contributed by atoms with Gasteiger partial charge in [-0.3, -0.25) is 0 Å². The third-order valence-electron chi connectivity index (χ3n) is 3.55. The number of piperidine rings is 1. The van der Waals surface area contributed by atoms with Gasteiger partial charge in [-0.05, 0) is 44.1 Å². The maximum Gasteiger partial charge on any atom is 0.159 e. The number of aromatic nitrogens is 2. The van der Waals surface area contributed by atoms with Crippen LogP contribution in [0.3, 0.4) is 0 Å². The van der Waals surface area contributed by atoms with E-state index in [-0.39, 0.29) is 0 Å². The lowest BCUT2D eigenvalue weighted by Gasteiger charge is -2.25. The van der Waals surface area contributed by atoms with Crippen LogP contribution in [0, 0.1) is 11.6 Å². The van der Waals surface area contributed by atoms with E-state index in [1.807, 2.05) is 6.20 Å². The van der Waals surface area contributed by atoms with E-state index in [4.69, 9.17) is 0 Å². The molecule has 0 spiro atoms. The van der Waals surface area contributed by atoms with Crippen molar-refractivity contribution in [3.05, 3.63) is 42.2 Å². The van der Waals surface area contributed by atoms with E-state index in [2.05, 4.69) is 14.9 Å². The first kappa shape index (κ1) is 12.3. The molecule has 1 aromatic carbocycles. The molecule has 2 aromatic rings. The van der Waals surface area contributed by atoms with E-state index in [9.17, 15) is 8.78 Å². The molecule has 0 bridgehead atoms. The molecule has 2 heterocycles. The molecule has 0 amide bonds. The molecule has 0 atom stereocenters. The van der Waals surface area contributed by atoms with Crippen LogP contribution in [0.25, 0.3) is 11.4 Å². The summed E-state index contributed by atoms with van der Waals surface area (Å²) >= 11 is 0. The van der Waals surface area contributed by atoms with Crippen molar-refractivity contribution < 1.29 is 8.78 Å². The molecule has 1 fully saturated rings. The minimum atomic E-state index is -0.836. The zero-order valence-corrected chi connectivity index (χ0v) is 10.4. The highest BCUT2D eigenvalue weighted by Gasteiger charge is 2.18. The van der Waals surface area contributed by atoms with Crippen LogP contribution in [-0.2, 0) is 0 Å². The predicted octanol–water partition coefficient (Wildman–Crippen LogP) is 2.75. The van der Waals surface area contributed by atoms with E-state index in [0.717, 1.165) is 32.0 Å². The monoisotopic (exact) mass is 263 g/mol. The summed E-state index contributed by atoms with van der Waals surface area (Å²) in [4.78, 5) is 4.29. The highest BCUT2D eigenvalue weighted by Crippen LogP contribution is 2.26. The molecular weight excluding hydrogens is 248 g/mol. The van der Waals surface area contributed by atoms with Gasteiger partial charge in [-0.15, -0.1) is 0 Å². The van der Waals surface area contributed by atoms with Gasteiger partial charge in [-0.25, -0.2) is 13.8 Å². The summed E-state index contributed by atoms with van der Waals surface area (Å²) in [5, 5.41) is 3.31. The van der Waals surface area contributed by atoms with Crippen molar-refractivity contribution in [1.29, 1.82) is 0 Å². The quantitative estimate of drug-likeness (QED) is 0.903. The molecule has 1 aliphatic rings. The van der Waals surface area contributed by atoms with Crippen LogP contribution in [0.15, 0.2) is 30.6 Å². The number of halogens is 2. The molecule has 1 aliphatic heterocycles. The smallest absolute Gasteiger partial charge is 0.159 e. The molecule has 0 radical (unpaired) electrons. The molecule has 0 unspecified atom stereocenters. The molecular formula is C14H15F2N3. The summed E-state index contributed by atoms with van der Waals surface area (Å²) in [7, 11) is 0. The molecule has 19 heavy (non-hydrogen) atoms. The van der Waals surface area contributed by atoms with Crippen LogP contribution >= 0.6 is 0 Å². The Kier molecular flexibility index (Phi) is 3.29. The SMILES string of the molecule is Fc1ccc(-c2nccn2C2CCNCC2)cc1F. The van der Waals surface area contributed by atoms with Crippen molar-refractivity contribution in [3.63, 3.8) is 0 Å².